The largest absolute Gasteiger partial charge is 0.356 e. The number of hydrogen-bond acceptors (Lipinski definition) is 3. The number of likely N-dealkylation sites (tertiary alicyclic amines) is 1. The van der Waals surface area contributed by atoms with E-state index in [0.717, 1.165) is 4.88 Å². The van der Waals surface area contributed by atoms with Gasteiger partial charge in [0.05, 0.1) is 10.8 Å². The predicted octanol–water partition coefficient (Wildman–Crippen LogP) is 0.956. The Morgan fingerprint density at radius 2 is 2.31 bits per heavy atom. The van der Waals surface area contributed by atoms with Crippen LogP contribution in [-0.4, -0.2) is 36.3 Å². The highest BCUT2D eigenvalue weighted by Gasteiger charge is 2.35. The number of rotatable bonds is 3. The van der Waals surface area contributed by atoms with Crippen molar-refractivity contribution in [3.63, 3.8) is 0 Å². The maximum Gasteiger partial charge on any atom is 0.263 e. The van der Waals surface area contributed by atoms with Gasteiger partial charge in [-0.2, -0.15) is 0 Å². The summed E-state index contributed by atoms with van der Waals surface area (Å²) in [4.78, 5) is 25.7. The first-order chi connectivity index (χ1) is 7.72. The Balaban J connectivity index is 1.85. The molecule has 1 aliphatic heterocycles. The van der Waals surface area contributed by atoms with E-state index >= 15 is 0 Å². The fourth-order valence-corrected chi connectivity index (χ4v) is 2.38. The lowest BCUT2D eigenvalue weighted by Crippen LogP contribution is -2.55. The Bertz CT molecular complexity index is 383. The molecule has 2 amide bonds. The van der Waals surface area contributed by atoms with Crippen molar-refractivity contribution < 1.29 is 9.59 Å². The third kappa shape index (κ3) is 2.09. The fourth-order valence-electron chi connectivity index (χ4n) is 1.68. The second-order valence-corrected chi connectivity index (χ2v) is 4.73. The highest BCUT2D eigenvalue weighted by molar-refractivity contribution is 7.12. The molecule has 0 spiro atoms. The van der Waals surface area contributed by atoms with Crippen LogP contribution in [0.15, 0.2) is 17.5 Å². The van der Waals surface area contributed by atoms with Crippen molar-refractivity contribution in [3.8, 4) is 0 Å². The molecule has 2 heterocycles. The Morgan fingerprint density at radius 3 is 2.88 bits per heavy atom. The smallest absolute Gasteiger partial charge is 0.263 e. The van der Waals surface area contributed by atoms with Gasteiger partial charge in [-0.3, -0.25) is 9.59 Å². The number of nitrogens with one attached hydrogen (secondary N) is 1. The van der Waals surface area contributed by atoms with Gasteiger partial charge in [-0.05, 0) is 18.4 Å². The molecule has 1 aromatic rings. The Kier molecular flexibility index (Phi) is 3.24. The fraction of sp³-hybridized carbons (Fsp3) is 0.455. The number of nitrogens with zero attached hydrogens (tertiary/aromatic N) is 1. The van der Waals surface area contributed by atoms with E-state index in [1.807, 2.05) is 24.4 Å². The minimum Gasteiger partial charge on any atom is -0.356 e. The van der Waals surface area contributed by atoms with Crippen LogP contribution in [0.4, 0.5) is 0 Å². The van der Waals surface area contributed by atoms with E-state index < -0.39 is 0 Å². The molecule has 1 N–H and O–H groups in total. The summed E-state index contributed by atoms with van der Waals surface area (Å²) in [5.41, 5.74) is 0. The van der Waals surface area contributed by atoms with Gasteiger partial charge in [0.1, 0.15) is 0 Å². The van der Waals surface area contributed by atoms with E-state index in [0.29, 0.717) is 19.6 Å². The van der Waals surface area contributed by atoms with Crippen LogP contribution in [0.25, 0.3) is 0 Å². The van der Waals surface area contributed by atoms with Gasteiger partial charge in [-0.15, -0.1) is 11.3 Å². The summed E-state index contributed by atoms with van der Waals surface area (Å²) in [6, 6.07) is 3.67. The van der Waals surface area contributed by atoms with Gasteiger partial charge < -0.3 is 10.2 Å². The Morgan fingerprint density at radius 1 is 1.56 bits per heavy atom. The molecule has 5 heteroatoms. The van der Waals surface area contributed by atoms with E-state index in [1.54, 1.807) is 4.90 Å². The van der Waals surface area contributed by atoms with Crippen molar-refractivity contribution in [2.24, 2.45) is 5.92 Å². The van der Waals surface area contributed by atoms with Crippen LogP contribution >= 0.6 is 11.3 Å². The summed E-state index contributed by atoms with van der Waals surface area (Å²) in [5.74, 6) is 0.0668. The molecule has 0 saturated carbocycles. The summed E-state index contributed by atoms with van der Waals surface area (Å²) < 4.78 is 0. The molecule has 2 rings (SSSR count). The molecule has 1 saturated heterocycles. The third-order valence-electron chi connectivity index (χ3n) is 2.62. The Labute approximate surface area is 98.3 Å². The zero-order chi connectivity index (χ0) is 11.5. The summed E-state index contributed by atoms with van der Waals surface area (Å²) in [7, 11) is 0. The SMILES string of the molecule is CCNC(=O)C1CN(C(=O)c2cccs2)C1. The number of amides is 2. The van der Waals surface area contributed by atoms with Crippen LogP contribution in [0.3, 0.4) is 0 Å². The van der Waals surface area contributed by atoms with Crippen molar-refractivity contribution in [1.29, 1.82) is 0 Å². The second kappa shape index (κ2) is 4.65. The lowest BCUT2D eigenvalue weighted by Gasteiger charge is -2.37. The van der Waals surface area contributed by atoms with Gasteiger partial charge in [-0.25, -0.2) is 0 Å². The molecule has 0 aromatic carbocycles. The van der Waals surface area contributed by atoms with Crippen LogP contribution in [0.5, 0.6) is 0 Å². The summed E-state index contributed by atoms with van der Waals surface area (Å²) >= 11 is 1.44. The molecule has 4 nitrogen and oxygen atoms in total. The van der Waals surface area contributed by atoms with Crippen molar-refractivity contribution in [2.75, 3.05) is 19.6 Å². The van der Waals surface area contributed by atoms with Crippen molar-refractivity contribution >= 4 is 23.2 Å². The van der Waals surface area contributed by atoms with Gasteiger partial charge in [0.25, 0.3) is 5.91 Å². The lowest BCUT2D eigenvalue weighted by atomic mass is 9.99. The number of carbonyl (C=O) groups excluding carboxylic acids is 2. The molecule has 1 aliphatic rings. The molecule has 0 radical (unpaired) electrons. The molecule has 0 atom stereocenters. The van der Waals surface area contributed by atoms with E-state index in [9.17, 15) is 9.59 Å². The predicted molar refractivity (Wildman–Crippen MR) is 62.4 cm³/mol. The zero-order valence-electron chi connectivity index (χ0n) is 9.10. The highest BCUT2D eigenvalue weighted by Crippen LogP contribution is 2.20. The molecule has 0 bridgehead atoms. The lowest BCUT2D eigenvalue weighted by molar-refractivity contribution is -0.128. The number of carbonyl (C=O) groups is 2. The molecular weight excluding hydrogens is 224 g/mol. The maximum absolute atomic E-state index is 11.8. The first-order valence-electron chi connectivity index (χ1n) is 5.33. The molecular formula is C11H14N2O2S. The van der Waals surface area contributed by atoms with Gasteiger partial charge in [0.2, 0.25) is 5.91 Å². The first kappa shape index (κ1) is 11.1. The summed E-state index contributed by atoms with van der Waals surface area (Å²) in [6.45, 7) is 3.63. The normalized spacial score (nSPS) is 15.7. The molecule has 1 aromatic heterocycles. The molecule has 1 fully saturated rings. The quantitative estimate of drug-likeness (QED) is 0.852. The van der Waals surface area contributed by atoms with E-state index in [4.69, 9.17) is 0 Å². The average Bonchev–Trinajstić information content (AvgIpc) is 2.68. The van der Waals surface area contributed by atoms with E-state index in [2.05, 4.69) is 5.32 Å². The maximum atomic E-state index is 11.8. The zero-order valence-corrected chi connectivity index (χ0v) is 9.92. The van der Waals surface area contributed by atoms with Crippen LogP contribution in [0.1, 0.15) is 16.6 Å². The van der Waals surface area contributed by atoms with Crippen LogP contribution in [0.2, 0.25) is 0 Å². The first-order valence-corrected chi connectivity index (χ1v) is 6.20. The van der Waals surface area contributed by atoms with Crippen molar-refractivity contribution in [3.05, 3.63) is 22.4 Å². The number of thiophene rings is 1. The van der Waals surface area contributed by atoms with Gasteiger partial charge >= 0.3 is 0 Å². The Hall–Kier alpha value is -1.36. The van der Waals surface area contributed by atoms with Gasteiger partial charge in [-0.1, -0.05) is 6.07 Å². The van der Waals surface area contributed by atoms with Crippen molar-refractivity contribution in [2.45, 2.75) is 6.92 Å². The average molecular weight is 238 g/mol. The topological polar surface area (TPSA) is 49.4 Å². The standard InChI is InChI=1S/C11H14N2O2S/c1-2-12-10(14)8-6-13(7-8)11(15)9-4-3-5-16-9/h3-5,8H,2,6-7H2,1H3,(H,12,14). The van der Waals surface area contributed by atoms with Crippen LogP contribution in [0, 0.1) is 5.92 Å². The molecule has 0 aliphatic carbocycles. The summed E-state index contributed by atoms with van der Waals surface area (Å²) in [6.07, 6.45) is 0. The number of hydrogen-bond donors (Lipinski definition) is 1. The minimum absolute atomic E-state index is 0.0242. The van der Waals surface area contributed by atoms with Crippen molar-refractivity contribution in [1.82, 2.24) is 10.2 Å². The third-order valence-corrected chi connectivity index (χ3v) is 3.48. The summed E-state index contributed by atoms with van der Waals surface area (Å²) in [5, 5.41) is 4.65. The highest BCUT2D eigenvalue weighted by atomic mass is 32.1. The monoisotopic (exact) mass is 238 g/mol. The van der Waals surface area contributed by atoms with Crippen LogP contribution in [-0.2, 0) is 4.79 Å². The second-order valence-electron chi connectivity index (χ2n) is 3.78. The van der Waals surface area contributed by atoms with Crippen LogP contribution < -0.4 is 5.32 Å². The van der Waals surface area contributed by atoms with E-state index in [1.165, 1.54) is 11.3 Å². The molecule has 16 heavy (non-hydrogen) atoms. The minimum atomic E-state index is -0.0242. The van der Waals surface area contributed by atoms with E-state index in [-0.39, 0.29) is 17.7 Å². The molecule has 86 valence electrons. The van der Waals surface area contributed by atoms with Gasteiger partial charge in [0, 0.05) is 19.6 Å². The van der Waals surface area contributed by atoms with Gasteiger partial charge in [0.15, 0.2) is 0 Å². The molecule has 0 unspecified atom stereocenters.